The van der Waals surface area contributed by atoms with Crippen LogP contribution in [0.1, 0.15) is 19.8 Å². The number of esters is 1. The van der Waals surface area contributed by atoms with Gasteiger partial charge in [-0.25, -0.2) is 0 Å². The summed E-state index contributed by atoms with van der Waals surface area (Å²) >= 11 is 0. The van der Waals surface area contributed by atoms with Crippen LogP contribution in [0.15, 0.2) is 30.3 Å². The van der Waals surface area contributed by atoms with E-state index in [1.807, 2.05) is 30.3 Å². The van der Waals surface area contributed by atoms with E-state index in [4.69, 9.17) is 9.47 Å². The Morgan fingerprint density at radius 2 is 1.94 bits per heavy atom. The van der Waals surface area contributed by atoms with Crippen LogP contribution in [0.3, 0.4) is 0 Å². The fourth-order valence-electron chi connectivity index (χ4n) is 1.38. The molecule has 0 unspecified atom stereocenters. The third-order valence-electron chi connectivity index (χ3n) is 2.29. The SMILES string of the molecule is CCCNCCOC(=O)CCOc1ccccc1. The van der Waals surface area contributed by atoms with Gasteiger partial charge in [-0.05, 0) is 25.1 Å². The van der Waals surface area contributed by atoms with Gasteiger partial charge < -0.3 is 14.8 Å². The number of hydrogen-bond acceptors (Lipinski definition) is 4. The highest BCUT2D eigenvalue weighted by atomic mass is 16.5. The van der Waals surface area contributed by atoms with Crippen molar-refractivity contribution < 1.29 is 14.3 Å². The first-order valence-electron chi connectivity index (χ1n) is 6.37. The third kappa shape index (κ3) is 6.91. The maximum Gasteiger partial charge on any atom is 0.309 e. The molecule has 0 aliphatic carbocycles. The maximum absolute atomic E-state index is 11.3. The smallest absolute Gasteiger partial charge is 0.309 e. The van der Waals surface area contributed by atoms with Crippen molar-refractivity contribution in [2.45, 2.75) is 19.8 Å². The molecule has 0 saturated carbocycles. The number of para-hydroxylation sites is 1. The van der Waals surface area contributed by atoms with Gasteiger partial charge in [0, 0.05) is 6.54 Å². The van der Waals surface area contributed by atoms with Crippen molar-refractivity contribution in [3.05, 3.63) is 30.3 Å². The molecule has 0 aliphatic heterocycles. The minimum atomic E-state index is -0.218. The molecule has 0 amide bonds. The zero-order valence-electron chi connectivity index (χ0n) is 10.9. The van der Waals surface area contributed by atoms with Crippen LogP contribution in [0.25, 0.3) is 0 Å². The second-order valence-corrected chi connectivity index (χ2v) is 3.88. The molecule has 0 radical (unpaired) electrons. The molecule has 4 heteroatoms. The molecule has 0 atom stereocenters. The summed E-state index contributed by atoms with van der Waals surface area (Å²) in [5.74, 6) is 0.555. The summed E-state index contributed by atoms with van der Waals surface area (Å²) in [6, 6.07) is 9.44. The van der Waals surface area contributed by atoms with E-state index < -0.39 is 0 Å². The van der Waals surface area contributed by atoms with Crippen molar-refractivity contribution in [2.24, 2.45) is 0 Å². The monoisotopic (exact) mass is 251 g/mol. The van der Waals surface area contributed by atoms with E-state index in [-0.39, 0.29) is 12.4 Å². The molecule has 1 N–H and O–H groups in total. The Morgan fingerprint density at radius 3 is 2.67 bits per heavy atom. The molecule has 100 valence electrons. The number of carbonyl (C=O) groups is 1. The van der Waals surface area contributed by atoms with Gasteiger partial charge >= 0.3 is 5.97 Å². The van der Waals surface area contributed by atoms with E-state index in [0.29, 0.717) is 19.8 Å². The zero-order chi connectivity index (χ0) is 13.1. The van der Waals surface area contributed by atoms with Gasteiger partial charge in [-0.2, -0.15) is 0 Å². The van der Waals surface area contributed by atoms with Crippen LogP contribution in [-0.4, -0.2) is 32.3 Å². The molecule has 0 aromatic heterocycles. The van der Waals surface area contributed by atoms with E-state index in [1.54, 1.807) is 0 Å². The summed E-state index contributed by atoms with van der Waals surface area (Å²) in [5.41, 5.74) is 0. The molecule has 1 rings (SSSR count). The lowest BCUT2D eigenvalue weighted by molar-refractivity contribution is -0.144. The average Bonchev–Trinajstić information content (AvgIpc) is 2.40. The number of carbonyl (C=O) groups excluding carboxylic acids is 1. The zero-order valence-corrected chi connectivity index (χ0v) is 10.9. The van der Waals surface area contributed by atoms with Gasteiger partial charge in [0.25, 0.3) is 0 Å². The van der Waals surface area contributed by atoms with Crippen molar-refractivity contribution >= 4 is 5.97 Å². The molecule has 18 heavy (non-hydrogen) atoms. The fourth-order valence-corrected chi connectivity index (χ4v) is 1.38. The molecule has 0 bridgehead atoms. The predicted molar refractivity (Wildman–Crippen MR) is 70.7 cm³/mol. The van der Waals surface area contributed by atoms with E-state index in [2.05, 4.69) is 12.2 Å². The number of rotatable bonds is 9. The Morgan fingerprint density at radius 1 is 1.17 bits per heavy atom. The minimum Gasteiger partial charge on any atom is -0.493 e. The van der Waals surface area contributed by atoms with Crippen LogP contribution in [0.2, 0.25) is 0 Å². The summed E-state index contributed by atoms with van der Waals surface area (Å²) in [5, 5.41) is 3.16. The van der Waals surface area contributed by atoms with Gasteiger partial charge in [0.15, 0.2) is 0 Å². The topological polar surface area (TPSA) is 47.6 Å². The predicted octanol–water partition coefficient (Wildman–Crippen LogP) is 2.00. The van der Waals surface area contributed by atoms with Crippen LogP contribution in [-0.2, 0) is 9.53 Å². The molecule has 0 heterocycles. The number of hydrogen-bond donors (Lipinski definition) is 1. The number of ether oxygens (including phenoxy) is 2. The molecule has 4 nitrogen and oxygen atoms in total. The van der Waals surface area contributed by atoms with Gasteiger partial charge in [-0.3, -0.25) is 4.79 Å². The first-order chi connectivity index (χ1) is 8.83. The lowest BCUT2D eigenvalue weighted by Crippen LogP contribution is -2.22. The van der Waals surface area contributed by atoms with Crippen molar-refractivity contribution in [3.8, 4) is 5.75 Å². The van der Waals surface area contributed by atoms with Crippen molar-refractivity contribution in [1.82, 2.24) is 5.32 Å². The van der Waals surface area contributed by atoms with Crippen molar-refractivity contribution in [3.63, 3.8) is 0 Å². The Balaban J connectivity index is 2.00. The van der Waals surface area contributed by atoms with E-state index in [0.717, 1.165) is 18.7 Å². The summed E-state index contributed by atoms with van der Waals surface area (Å²) in [6.45, 7) is 4.53. The van der Waals surface area contributed by atoms with Crippen LogP contribution in [0.4, 0.5) is 0 Å². The summed E-state index contributed by atoms with van der Waals surface area (Å²) in [6.07, 6.45) is 1.36. The van der Waals surface area contributed by atoms with Crippen LogP contribution < -0.4 is 10.1 Å². The van der Waals surface area contributed by atoms with Gasteiger partial charge in [-0.15, -0.1) is 0 Å². The Hall–Kier alpha value is -1.55. The second kappa shape index (κ2) is 9.48. The van der Waals surface area contributed by atoms with Gasteiger partial charge in [0.1, 0.15) is 12.4 Å². The molecule has 1 aromatic carbocycles. The van der Waals surface area contributed by atoms with E-state index in [1.165, 1.54) is 0 Å². The molecule has 0 aliphatic rings. The molecule has 0 fully saturated rings. The summed E-state index contributed by atoms with van der Waals surface area (Å²) in [4.78, 5) is 11.3. The van der Waals surface area contributed by atoms with Crippen molar-refractivity contribution in [2.75, 3.05) is 26.3 Å². The van der Waals surface area contributed by atoms with E-state index in [9.17, 15) is 4.79 Å². The van der Waals surface area contributed by atoms with E-state index >= 15 is 0 Å². The summed E-state index contributed by atoms with van der Waals surface area (Å²) < 4.78 is 10.5. The molecule has 0 spiro atoms. The van der Waals surface area contributed by atoms with Gasteiger partial charge in [-0.1, -0.05) is 25.1 Å². The number of nitrogens with one attached hydrogen (secondary N) is 1. The van der Waals surface area contributed by atoms with Gasteiger partial charge in [0.05, 0.1) is 13.0 Å². The Labute approximate surface area is 108 Å². The minimum absolute atomic E-state index is 0.218. The maximum atomic E-state index is 11.3. The molecule has 0 saturated heterocycles. The molecule has 1 aromatic rings. The van der Waals surface area contributed by atoms with Crippen LogP contribution in [0, 0.1) is 0 Å². The molecular weight excluding hydrogens is 230 g/mol. The highest BCUT2D eigenvalue weighted by molar-refractivity contribution is 5.69. The second-order valence-electron chi connectivity index (χ2n) is 3.88. The quantitative estimate of drug-likeness (QED) is 0.538. The number of benzene rings is 1. The molecular formula is C14H21NO3. The first-order valence-corrected chi connectivity index (χ1v) is 6.37. The Bertz CT molecular complexity index is 327. The lowest BCUT2D eigenvalue weighted by atomic mass is 10.3. The standard InChI is InChI=1S/C14H21NO3/c1-2-9-15-10-12-18-14(16)8-11-17-13-6-4-3-5-7-13/h3-7,15H,2,8-12H2,1H3. The Kier molecular flexibility index (Phi) is 7.64. The third-order valence-corrected chi connectivity index (χ3v) is 2.29. The first kappa shape index (κ1) is 14.5. The van der Waals surface area contributed by atoms with Crippen molar-refractivity contribution in [1.29, 1.82) is 0 Å². The summed E-state index contributed by atoms with van der Waals surface area (Å²) in [7, 11) is 0. The van der Waals surface area contributed by atoms with Crippen LogP contribution >= 0.6 is 0 Å². The van der Waals surface area contributed by atoms with Crippen LogP contribution in [0.5, 0.6) is 5.75 Å². The normalized spacial score (nSPS) is 10.1. The van der Waals surface area contributed by atoms with Gasteiger partial charge in [0.2, 0.25) is 0 Å². The highest BCUT2D eigenvalue weighted by Gasteiger charge is 2.02. The lowest BCUT2D eigenvalue weighted by Gasteiger charge is -2.07. The largest absolute Gasteiger partial charge is 0.493 e. The fraction of sp³-hybridized carbons (Fsp3) is 0.500. The average molecular weight is 251 g/mol. The highest BCUT2D eigenvalue weighted by Crippen LogP contribution is 2.08.